The van der Waals surface area contributed by atoms with Crippen LogP contribution in [0.4, 0.5) is 5.82 Å². The number of hydrogen-bond acceptors (Lipinski definition) is 3. The SMILES string of the molecule is CCc1cn[nH]c1NC(=O)C(C)(N)C1CC1. The first-order valence-electron chi connectivity index (χ1n) is 5.68. The van der Waals surface area contributed by atoms with Crippen molar-refractivity contribution < 1.29 is 4.79 Å². The van der Waals surface area contributed by atoms with Gasteiger partial charge >= 0.3 is 0 Å². The Bertz CT molecular complexity index is 392. The minimum absolute atomic E-state index is 0.131. The highest BCUT2D eigenvalue weighted by atomic mass is 16.2. The maximum Gasteiger partial charge on any atom is 0.245 e. The van der Waals surface area contributed by atoms with E-state index in [0.29, 0.717) is 11.7 Å². The maximum absolute atomic E-state index is 12.0. The van der Waals surface area contributed by atoms with Gasteiger partial charge in [-0.2, -0.15) is 5.10 Å². The number of aryl methyl sites for hydroxylation is 1. The molecule has 1 fully saturated rings. The molecule has 1 atom stereocenters. The van der Waals surface area contributed by atoms with Crippen molar-refractivity contribution in [3.63, 3.8) is 0 Å². The van der Waals surface area contributed by atoms with E-state index >= 15 is 0 Å². The van der Waals surface area contributed by atoms with Crippen molar-refractivity contribution >= 4 is 11.7 Å². The Balaban J connectivity index is 2.07. The normalized spacial score (nSPS) is 19.2. The Labute approximate surface area is 94.8 Å². The van der Waals surface area contributed by atoms with Gasteiger partial charge in [-0.05, 0) is 32.1 Å². The molecule has 2 rings (SSSR count). The number of aromatic nitrogens is 2. The molecule has 1 aromatic rings. The van der Waals surface area contributed by atoms with E-state index < -0.39 is 5.54 Å². The van der Waals surface area contributed by atoms with Crippen LogP contribution in [0.3, 0.4) is 0 Å². The van der Waals surface area contributed by atoms with Crippen LogP contribution in [-0.2, 0) is 11.2 Å². The van der Waals surface area contributed by atoms with Gasteiger partial charge in [0.05, 0.1) is 11.7 Å². The number of rotatable bonds is 4. The molecule has 0 spiro atoms. The molecule has 1 aromatic heterocycles. The van der Waals surface area contributed by atoms with E-state index in [1.54, 1.807) is 13.1 Å². The number of amides is 1. The summed E-state index contributed by atoms with van der Waals surface area (Å²) in [6, 6.07) is 0. The van der Waals surface area contributed by atoms with Crippen molar-refractivity contribution in [2.75, 3.05) is 5.32 Å². The van der Waals surface area contributed by atoms with Gasteiger partial charge in [-0.1, -0.05) is 6.92 Å². The van der Waals surface area contributed by atoms with Crippen LogP contribution in [-0.4, -0.2) is 21.6 Å². The highest BCUT2D eigenvalue weighted by Crippen LogP contribution is 2.38. The van der Waals surface area contributed by atoms with Crippen molar-refractivity contribution in [1.82, 2.24) is 10.2 Å². The zero-order valence-electron chi connectivity index (χ0n) is 9.71. The van der Waals surface area contributed by atoms with E-state index in [1.807, 2.05) is 6.92 Å². The van der Waals surface area contributed by atoms with E-state index in [2.05, 4.69) is 15.5 Å². The molecule has 1 heterocycles. The third kappa shape index (κ3) is 1.95. The lowest BCUT2D eigenvalue weighted by Gasteiger charge is -2.22. The van der Waals surface area contributed by atoms with Gasteiger partial charge in [0.25, 0.3) is 0 Å². The number of anilines is 1. The maximum atomic E-state index is 12.0. The van der Waals surface area contributed by atoms with Crippen molar-refractivity contribution in [3.8, 4) is 0 Å². The first-order valence-corrected chi connectivity index (χ1v) is 5.68. The van der Waals surface area contributed by atoms with Crippen LogP contribution < -0.4 is 11.1 Å². The molecule has 5 nitrogen and oxygen atoms in total. The third-order valence-electron chi connectivity index (χ3n) is 3.25. The zero-order valence-corrected chi connectivity index (χ0v) is 9.71. The van der Waals surface area contributed by atoms with Gasteiger partial charge in [0.15, 0.2) is 0 Å². The van der Waals surface area contributed by atoms with E-state index in [9.17, 15) is 4.79 Å². The topological polar surface area (TPSA) is 83.8 Å². The lowest BCUT2D eigenvalue weighted by atomic mass is 9.96. The quantitative estimate of drug-likeness (QED) is 0.711. The molecule has 1 aliphatic rings. The standard InChI is InChI=1S/C11H18N4O/c1-3-7-6-13-15-9(7)14-10(16)11(2,12)8-4-5-8/h6,8H,3-5,12H2,1-2H3,(H2,13,14,15,16). The van der Waals surface area contributed by atoms with Crippen molar-refractivity contribution in [1.29, 1.82) is 0 Å². The fourth-order valence-electron chi connectivity index (χ4n) is 1.80. The van der Waals surface area contributed by atoms with Crippen LogP contribution in [0.25, 0.3) is 0 Å². The Morgan fingerprint density at radius 1 is 1.75 bits per heavy atom. The highest BCUT2D eigenvalue weighted by Gasteiger charge is 2.44. The lowest BCUT2D eigenvalue weighted by Crippen LogP contribution is -2.50. The summed E-state index contributed by atoms with van der Waals surface area (Å²) < 4.78 is 0. The van der Waals surface area contributed by atoms with E-state index in [0.717, 1.165) is 24.8 Å². The second kappa shape index (κ2) is 3.90. The van der Waals surface area contributed by atoms with Gasteiger partial charge in [0.2, 0.25) is 5.91 Å². The van der Waals surface area contributed by atoms with Gasteiger partial charge in [0, 0.05) is 5.56 Å². The van der Waals surface area contributed by atoms with E-state index in [4.69, 9.17) is 5.73 Å². The van der Waals surface area contributed by atoms with Crippen LogP contribution in [0.1, 0.15) is 32.3 Å². The minimum Gasteiger partial charge on any atom is -0.317 e. The Kier molecular flexibility index (Phi) is 2.71. The molecule has 88 valence electrons. The van der Waals surface area contributed by atoms with Crippen LogP contribution >= 0.6 is 0 Å². The molecular formula is C11H18N4O. The number of nitrogens with two attached hydrogens (primary N) is 1. The van der Waals surface area contributed by atoms with Gasteiger partial charge in [0.1, 0.15) is 5.82 Å². The monoisotopic (exact) mass is 222 g/mol. The van der Waals surface area contributed by atoms with Crippen LogP contribution in [0.2, 0.25) is 0 Å². The van der Waals surface area contributed by atoms with Crippen LogP contribution in [0.5, 0.6) is 0 Å². The molecule has 0 aliphatic heterocycles. The smallest absolute Gasteiger partial charge is 0.245 e. The predicted octanol–water partition coefficient (Wildman–Crippen LogP) is 1.04. The molecule has 0 radical (unpaired) electrons. The summed E-state index contributed by atoms with van der Waals surface area (Å²) in [5.74, 6) is 0.860. The second-order valence-electron chi connectivity index (χ2n) is 4.63. The van der Waals surface area contributed by atoms with Crippen molar-refractivity contribution in [3.05, 3.63) is 11.8 Å². The third-order valence-corrected chi connectivity index (χ3v) is 3.25. The Morgan fingerprint density at radius 2 is 2.44 bits per heavy atom. The molecule has 5 heteroatoms. The summed E-state index contributed by atoms with van der Waals surface area (Å²) in [5, 5.41) is 9.51. The van der Waals surface area contributed by atoms with Crippen molar-refractivity contribution in [2.24, 2.45) is 11.7 Å². The minimum atomic E-state index is -0.768. The molecule has 1 aliphatic carbocycles. The summed E-state index contributed by atoms with van der Waals surface area (Å²) in [7, 11) is 0. The lowest BCUT2D eigenvalue weighted by molar-refractivity contribution is -0.121. The largest absolute Gasteiger partial charge is 0.317 e. The second-order valence-corrected chi connectivity index (χ2v) is 4.63. The molecule has 0 bridgehead atoms. The number of H-pyrrole nitrogens is 1. The molecule has 1 saturated carbocycles. The first-order chi connectivity index (χ1) is 7.55. The number of carbonyl (C=O) groups excluding carboxylic acids is 1. The van der Waals surface area contributed by atoms with Gasteiger partial charge in [-0.25, -0.2) is 0 Å². The number of carbonyl (C=O) groups is 1. The first kappa shape index (κ1) is 11.1. The predicted molar refractivity (Wildman–Crippen MR) is 61.9 cm³/mol. The summed E-state index contributed by atoms with van der Waals surface area (Å²) in [4.78, 5) is 12.0. The molecule has 1 unspecified atom stereocenters. The summed E-state index contributed by atoms with van der Waals surface area (Å²) >= 11 is 0. The van der Waals surface area contributed by atoms with Crippen LogP contribution in [0, 0.1) is 5.92 Å². The van der Waals surface area contributed by atoms with Crippen molar-refractivity contribution in [2.45, 2.75) is 38.6 Å². The Morgan fingerprint density at radius 3 is 3.00 bits per heavy atom. The molecule has 0 saturated heterocycles. The van der Waals surface area contributed by atoms with E-state index in [-0.39, 0.29) is 5.91 Å². The van der Waals surface area contributed by atoms with Gasteiger partial charge in [-0.3, -0.25) is 9.89 Å². The number of nitrogens with one attached hydrogen (secondary N) is 2. The molecule has 4 N–H and O–H groups in total. The molecule has 1 amide bonds. The number of nitrogens with zero attached hydrogens (tertiary/aromatic N) is 1. The summed E-state index contributed by atoms with van der Waals surface area (Å²) in [6.07, 6.45) is 4.64. The Hall–Kier alpha value is -1.36. The zero-order chi connectivity index (χ0) is 11.8. The number of aromatic amines is 1. The summed E-state index contributed by atoms with van der Waals surface area (Å²) in [6.45, 7) is 3.81. The average molecular weight is 222 g/mol. The highest BCUT2D eigenvalue weighted by molar-refractivity contribution is 5.97. The molecular weight excluding hydrogens is 204 g/mol. The van der Waals surface area contributed by atoms with E-state index in [1.165, 1.54) is 0 Å². The van der Waals surface area contributed by atoms with Gasteiger partial charge < -0.3 is 11.1 Å². The molecule has 0 aromatic carbocycles. The summed E-state index contributed by atoms with van der Waals surface area (Å²) in [5.41, 5.74) is 6.26. The fourth-order valence-corrected chi connectivity index (χ4v) is 1.80. The number of hydrogen-bond donors (Lipinski definition) is 3. The molecule has 16 heavy (non-hydrogen) atoms. The van der Waals surface area contributed by atoms with Gasteiger partial charge in [-0.15, -0.1) is 0 Å². The fraction of sp³-hybridized carbons (Fsp3) is 0.636. The van der Waals surface area contributed by atoms with Crippen LogP contribution in [0.15, 0.2) is 6.20 Å². The average Bonchev–Trinajstić information content (AvgIpc) is 3.01.